The van der Waals surface area contributed by atoms with Gasteiger partial charge in [-0.05, 0) is 18.1 Å². The van der Waals surface area contributed by atoms with Crippen LogP contribution in [0.25, 0.3) is 0 Å². The second kappa shape index (κ2) is 4.89. The Balaban J connectivity index is 2.66. The van der Waals surface area contributed by atoms with Crippen molar-refractivity contribution >= 4 is 5.97 Å². The normalized spacial score (nSPS) is 12.6. The van der Waals surface area contributed by atoms with Crippen LogP contribution < -0.4 is 10.5 Å². The summed E-state index contributed by atoms with van der Waals surface area (Å²) in [5, 5.41) is 0. The summed E-state index contributed by atoms with van der Waals surface area (Å²) in [6, 6.07) is 4.71. The largest absolute Gasteiger partial charge is 0.425 e. The van der Waals surface area contributed by atoms with Crippen LogP contribution in [0, 0.1) is 11.7 Å². The van der Waals surface area contributed by atoms with E-state index in [1.165, 1.54) is 18.2 Å². The second-order valence-corrected chi connectivity index (χ2v) is 3.65. The molecule has 1 aromatic rings. The summed E-state index contributed by atoms with van der Waals surface area (Å²) < 4.78 is 17.7. The van der Waals surface area contributed by atoms with Crippen LogP contribution in [0.3, 0.4) is 0 Å². The van der Waals surface area contributed by atoms with Gasteiger partial charge in [-0.1, -0.05) is 19.9 Å². The summed E-state index contributed by atoms with van der Waals surface area (Å²) in [6.45, 7) is 3.63. The summed E-state index contributed by atoms with van der Waals surface area (Å²) in [5.74, 6) is -0.823. The van der Waals surface area contributed by atoms with Gasteiger partial charge in [-0.25, -0.2) is 9.18 Å². The highest BCUT2D eigenvalue weighted by molar-refractivity contribution is 5.78. The number of carbonyl (C=O) groups is 1. The first-order valence-electron chi connectivity index (χ1n) is 4.73. The van der Waals surface area contributed by atoms with Crippen molar-refractivity contribution in [2.75, 3.05) is 0 Å². The molecule has 82 valence electrons. The van der Waals surface area contributed by atoms with Gasteiger partial charge in [0, 0.05) is 6.07 Å². The summed E-state index contributed by atoms with van der Waals surface area (Å²) in [5.41, 5.74) is 5.58. The zero-order valence-electron chi connectivity index (χ0n) is 8.74. The Morgan fingerprint density at radius 1 is 1.47 bits per heavy atom. The molecule has 0 amide bonds. The third kappa shape index (κ3) is 3.32. The van der Waals surface area contributed by atoms with Crippen LogP contribution in [-0.2, 0) is 4.79 Å². The molecule has 0 saturated heterocycles. The zero-order chi connectivity index (χ0) is 11.4. The lowest BCUT2D eigenvalue weighted by atomic mass is 10.1. The van der Waals surface area contributed by atoms with E-state index >= 15 is 0 Å². The smallest absolute Gasteiger partial charge is 0.328 e. The molecule has 4 heteroatoms. The molecule has 0 spiro atoms. The molecule has 0 radical (unpaired) electrons. The molecule has 15 heavy (non-hydrogen) atoms. The summed E-state index contributed by atoms with van der Waals surface area (Å²) in [6.07, 6.45) is 0. The van der Waals surface area contributed by atoms with Gasteiger partial charge < -0.3 is 10.5 Å². The number of halogens is 1. The van der Waals surface area contributed by atoms with E-state index in [9.17, 15) is 9.18 Å². The molecule has 0 aliphatic heterocycles. The fraction of sp³-hybridized carbons (Fsp3) is 0.364. The minimum atomic E-state index is -0.687. The maximum atomic E-state index is 12.8. The first-order valence-corrected chi connectivity index (χ1v) is 4.73. The fourth-order valence-electron chi connectivity index (χ4n) is 0.987. The molecule has 0 bridgehead atoms. The number of esters is 1. The molecule has 1 unspecified atom stereocenters. The van der Waals surface area contributed by atoms with Gasteiger partial charge in [0.25, 0.3) is 0 Å². The van der Waals surface area contributed by atoms with E-state index in [4.69, 9.17) is 10.5 Å². The minimum absolute atomic E-state index is 0.00828. The van der Waals surface area contributed by atoms with Crippen LogP contribution in [-0.4, -0.2) is 12.0 Å². The molecule has 1 aromatic carbocycles. The Hall–Kier alpha value is -1.42. The van der Waals surface area contributed by atoms with Gasteiger partial charge in [0.1, 0.15) is 17.6 Å². The third-order valence-electron chi connectivity index (χ3n) is 2.00. The molecular weight excluding hydrogens is 197 g/mol. The highest BCUT2D eigenvalue weighted by Crippen LogP contribution is 2.13. The Bertz CT molecular complexity index is 352. The molecule has 1 atom stereocenters. The molecule has 3 nitrogen and oxygen atoms in total. The standard InChI is InChI=1S/C11H14FNO2/c1-7(2)10(13)11(14)15-9-5-3-4-8(12)6-9/h3-7,10H,13H2,1-2H3. The van der Waals surface area contributed by atoms with Crippen molar-refractivity contribution < 1.29 is 13.9 Å². The van der Waals surface area contributed by atoms with Crippen LogP contribution in [0.1, 0.15) is 13.8 Å². The summed E-state index contributed by atoms with van der Waals surface area (Å²) in [7, 11) is 0. The average molecular weight is 211 g/mol. The van der Waals surface area contributed by atoms with E-state index in [1.807, 2.05) is 13.8 Å². The SMILES string of the molecule is CC(C)C(N)C(=O)Oc1cccc(F)c1. The number of rotatable bonds is 3. The lowest BCUT2D eigenvalue weighted by molar-refractivity contribution is -0.136. The molecule has 0 aliphatic carbocycles. The number of benzene rings is 1. The Morgan fingerprint density at radius 2 is 2.13 bits per heavy atom. The third-order valence-corrected chi connectivity index (χ3v) is 2.00. The van der Waals surface area contributed by atoms with Crippen molar-refractivity contribution in [2.24, 2.45) is 11.7 Å². The number of carbonyl (C=O) groups excluding carboxylic acids is 1. The van der Waals surface area contributed by atoms with E-state index in [0.29, 0.717) is 0 Å². The highest BCUT2D eigenvalue weighted by Gasteiger charge is 2.19. The van der Waals surface area contributed by atoms with Crippen molar-refractivity contribution in [2.45, 2.75) is 19.9 Å². The van der Waals surface area contributed by atoms with Crippen LogP contribution in [0.2, 0.25) is 0 Å². The van der Waals surface area contributed by atoms with Crippen molar-refractivity contribution in [1.82, 2.24) is 0 Å². The lowest BCUT2D eigenvalue weighted by Gasteiger charge is -2.13. The molecular formula is C11H14FNO2. The van der Waals surface area contributed by atoms with Gasteiger partial charge in [0.15, 0.2) is 0 Å². The highest BCUT2D eigenvalue weighted by atomic mass is 19.1. The van der Waals surface area contributed by atoms with E-state index < -0.39 is 17.8 Å². The van der Waals surface area contributed by atoms with E-state index in [0.717, 1.165) is 6.07 Å². The minimum Gasteiger partial charge on any atom is -0.425 e. The average Bonchev–Trinajstić information content (AvgIpc) is 2.16. The molecule has 2 N–H and O–H groups in total. The van der Waals surface area contributed by atoms with Crippen LogP contribution in [0.15, 0.2) is 24.3 Å². The molecule has 0 heterocycles. The van der Waals surface area contributed by atoms with Crippen molar-refractivity contribution in [3.8, 4) is 5.75 Å². The zero-order valence-corrected chi connectivity index (χ0v) is 8.74. The van der Waals surface area contributed by atoms with Gasteiger partial charge in [0.2, 0.25) is 0 Å². The predicted octanol–water partition coefficient (Wildman–Crippen LogP) is 1.71. The number of ether oxygens (including phenoxy) is 1. The maximum Gasteiger partial charge on any atom is 0.328 e. The van der Waals surface area contributed by atoms with Crippen molar-refractivity contribution in [3.05, 3.63) is 30.1 Å². The second-order valence-electron chi connectivity index (χ2n) is 3.65. The lowest BCUT2D eigenvalue weighted by Crippen LogP contribution is -2.38. The number of nitrogens with two attached hydrogens (primary N) is 1. The van der Waals surface area contributed by atoms with Gasteiger partial charge in [0.05, 0.1) is 0 Å². The molecule has 0 saturated carbocycles. The Kier molecular flexibility index (Phi) is 3.80. The molecule has 0 aromatic heterocycles. The van der Waals surface area contributed by atoms with E-state index in [-0.39, 0.29) is 11.7 Å². The molecule has 1 rings (SSSR count). The van der Waals surface area contributed by atoms with Gasteiger partial charge in [-0.3, -0.25) is 0 Å². The number of hydrogen-bond acceptors (Lipinski definition) is 3. The van der Waals surface area contributed by atoms with Crippen molar-refractivity contribution in [3.63, 3.8) is 0 Å². The van der Waals surface area contributed by atoms with E-state index in [2.05, 4.69) is 0 Å². The van der Waals surface area contributed by atoms with Gasteiger partial charge >= 0.3 is 5.97 Å². The van der Waals surface area contributed by atoms with Crippen LogP contribution in [0.5, 0.6) is 5.75 Å². The number of hydrogen-bond donors (Lipinski definition) is 1. The van der Waals surface area contributed by atoms with Gasteiger partial charge in [-0.2, -0.15) is 0 Å². The Morgan fingerprint density at radius 3 is 2.67 bits per heavy atom. The first-order chi connectivity index (χ1) is 7.00. The quantitative estimate of drug-likeness (QED) is 0.611. The van der Waals surface area contributed by atoms with Crippen molar-refractivity contribution in [1.29, 1.82) is 0 Å². The topological polar surface area (TPSA) is 52.3 Å². The van der Waals surface area contributed by atoms with Crippen LogP contribution in [0.4, 0.5) is 4.39 Å². The van der Waals surface area contributed by atoms with E-state index in [1.54, 1.807) is 0 Å². The molecule has 0 fully saturated rings. The maximum absolute atomic E-state index is 12.8. The fourth-order valence-corrected chi connectivity index (χ4v) is 0.987. The van der Waals surface area contributed by atoms with Crippen LogP contribution >= 0.6 is 0 Å². The van der Waals surface area contributed by atoms with Gasteiger partial charge in [-0.15, -0.1) is 0 Å². The molecule has 0 aliphatic rings. The first kappa shape index (κ1) is 11.7. The monoisotopic (exact) mass is 211 g/mol. The summed E-state index contributed by atoms with van der Waals surface area (Å²) in [4.78, 5) is 11.4. The predicted molar refractivity (Wildman–Crippen MR) is 54.8 cm³/mol. The Labute approximate surface area is 88.0 Å². The summed E-state index contributed by atoms with van der Waals surface area (Å²) >= 11 is 0.